The highest BCUT2D eigenvalue weighted by Crippen LogP contribution is 2.19. The summed E-state index contributed by atoms with van der Waals surface area (Å²) in [5, 5.41) is 36.9. The number of hydrogen-bond donors (Lipinski definition) is 8. The Kier molecular flexibility index (Phi) is 11.2. The lowest BCUT2D eigenvalue weighted by molar-refractivity contribution is -0.143. The first-order valence-electron chi connectivity index (χ1n) is 13.3. The van der Waals surface area contributed by atoms with Crippen molar-refractivity contribution < 1.29 is 39.3 Å². The van der Waals surface area contributed by atoms with Crippen LogP contribution in [-0.2, 0) is 36.8 Å². The van der Waals surface area contributed by atoms with Gasteiger partial charge in [0.05, 0.1) is 6.10 Å². The molecule has 3 aromatic rings. The van der Waals surface area contributed by atoms with Crippen LogP contribution in [0.4, 0.5) is 0 Å². The van der Waals surface area contributed by atoms with Crippen LogP contribution in [-0.4, -0.2) is 80.2 Å². The fraction of sp³-hybridized carbons (Fsp3) is 0.345. The summed E-state index contributed by atoms with van der Waals surface area (Å²) in [7, 11) is 0. The molecule has 0 aliphatic carbocycles. The molecule has 5 atom stereocenters. The van der Waals surface area contributed by atoms with Crippen molar-refractivity contribution in [2.24, 2.45) is 5.73 Å². The highest BCUT2D eigenvalue weighted by atomic mass is 16.4. The minimum atomic E-state index is -1.43. The molecule has 0 spiro atoms. The fourth-order valence-corrected chi connectivity index (χ4v) is 4.35. The summed E-state index contributed by atoms with van der Waals surface area (Å²) in [6, 6.07) is 10.5. The first kappa shape index (κ1) is 31.8. The van der Waals surface area contributed by atoms with Gasteiger partial charge in [-0.1, -0.05) is 48.5 Å². The Balaban J connectivity index is 1.80. The van der Waals surface area contributed by atoms with Gasteiger partial charge in [-0.2, -0.15) is 0 Å². The molecule has 0 saturated heterocycles. The first-order chi connectivity index (χ1) is 20.0. The van der Waals surface area contributed by atoms with Crippen molar-refractivity contribution in [1.82, 2.24) is 20.9 Å². The molecule has 0 bridgehead atoms. The largest absolute Gasteiger partial charge is 0.481 e. The maximum Gasteiger partial charge on any atom is 0.326 e. The first-order valence-corrected chi connectivity index (χ1v) is 13.3. The molecule has 0 aliphatic heterocycles. The summed E-state index contributed by atoms with van der Waals surface area (Å²) in [5.41, 5.74) is 7.82. The second-order valence-electron chi connectivity index (χ2n) is 9.97. The third kappa shape index (κ3) is 8.88. The molecule has 0 fully saturated rings. The number of fused-ring (bicyclic) bond motifs is 1. The number of carboxylic acids is 2. The molecule has 2 aromatic carbocycles. The molecule has 13 heteroatoms. The lowest BCUT2D eigenvalue weighted by atomic mass is 10.0. The fourth-order valence-electron chi connectivity index (χ4n) is 4.35. The monoisotopic (exact) mass is 581 g/mol. The van der Waals surface area contributed by atoms with Crippen molar-refractivity contribution >= 4 is 40.6 Å². The van der Waals surface area contributed by atoms with Crippen LogP contribution in [0, 0.1) is 0 Å². The Bertz CT molecular complexity index is 1410. The number of aliphatic carboxylic acids is 2. The third-order valence-corrected chi connectivity index (χ3v) is 6.73. The van der Waals surface area contributed by atoms with Gasteiger partial charge in [0.1, 0.15) is 24.2 Å². The van der Waals surface area contributed by atoms with Gasteiger partial charge in [0, 0.05) is 36.4 Å². The van der Waals surface area contributed by atoms with Crippen LogP contribution < -0.4 is 21.7 Å². The zero-order chi connectivity index (χ0) is 30.8. The van der Waals surface area contributed by atoms with Gasteiger partial charge in [-0.15, -0.1) is 0 Å². The van der Waals surface area contributed by atoms with Gasteiger partial charge >= 0.3 is 11.9 Å². The molecule has 224 valence electrons. The Morgan fingerprint density at radius 2 is 1.40 bits per heavy atom. The number of carbonyl (C=O) groups is 5. The molecular formula is C29H35N5O8. The molecular weight excluding hydrogens is 546 g/mol. The molecule has 1 aromatic heterocycles. The summed E-state index contributed by atoms with van der Waals surface area (Å²) in [5.74, 6) is -5.08. The quantitative estimate of drug-likeness (QED) is 0.121. The van der Waals surface area contributed by atoms with Crippen molar-refractivity contribution in [3.63, 3.8) is 0 Å². The molecule has 3 amide bonds. The summed E-state index contributed by atoms with van der Waals surface area (Å²) < 4.78 is 0. The summed E-state index contributed by atoms with van der Waals surface area (Å²) in [6.45, 7) is 1.32. The van der Waals surface area contributed by atoms with Gasteiger partial charge in [0.15, 0.2) is 0 Å². The van der Waals surface area contributed by atoms with Gasteiger partial charge in [-0.25, -0.2) is 4.79 Å². The molecule has 3 rings (SSSR count). The maximum absolute atomic E-state index is 13.4. The second-order valence-corrected chi connectivity index (χ2v) is 9.97. The number of aliphatic hydroxyl groups is 1. The SMILES string of the molecule is CC(O)C(N)C(=O)NC(Cc1ccccc1)C(=O)NC(CCC(=O)O)C(=O)NC(Cc1c[nH]c2ccccc12)C(=O)O. The van der Waals surface area contributed by atoms with E-state index >= 15 is 0 Å². The lowest BCUT2D eigenvalue weighted by Gasteiger charge is -2.25. The van der Waals surface area contributed by atoms with Crippen molar-refractivity contribution in [2.75, 3.05) is 0 Å². The van der Waals surface area contributed by atoms with E-state index in [1.54, 1.807) is 42.6 Å². The van der Waals surface area contributed by atoms with Gasteiger partial charge in [-0.3, -0.25) is 19.2 Å². The number of aromatic amines is 1. The number of carboxylic acid groups (broad SMARTS) is 2. The zero-order valence-electron chi connectivity index (χ0n) is 22.9. The van der Waals surface area contributed by atoms with Gasteiger partial charge in [0.25, 0.3) is 0 Å². The van der Waals surface area contributed by atoms with E-state index < -0.39 is 66.4 Å². The van der Waals surface area contributed by atoms with Crippen LogP contribution in [0.15, 0.2) is 60.8 Å². The van der Waals surface area contributed by atoms with Crippen molar-refractivity contribution in [2.45, 2.75) is 62.9 Å². The van der Waals surface area contributed by atoms with E-state index in [0.717, 1.165) is 10.9 Å². The highest BCUT2D eigenvalue weighted by Gasteiger charge is 2.31. The Morgan fingerprint density at radius 3 is 2.05 bits per heavy atom. The average molecular weight is 582 g/mol. The van der Waals surface area contributed by atoms with Gasteiger partial charge < -0.3 is 42.0 Å². The number of aliphatic hydroxyl groups excluding tert-OH is 1. The molecule has 9 N–H and O–H groups in total. The summed E-state index contributed by atoms with van der Waals surface area (Å²) >= 11 is 0. The van der Waals surface area contributed by atoms with E-state index in [0.29, 0.717) is 11.1 Å². The number of aromatic nitrogens is 1. The van der Waals surface area contributed by atoms with Gasteiger partial charge in [-0.05, 0) is 30.5 Å². The number of benzene rings is 2. The van der Waals surface area contributed by atoms with E-state index in [1.165, 1.54) is 6.92 Å². The standard InChI is InChI=1S/C29H35N5O8/c1-16(35)25(30)28(40)33-22(13-17-7-3-2-4-8-17)27(39)32-21(11-12-24(36)37)26(38)34-23(29(41)42)14-18-15-31-20-10-6-5-9-19(18)20/h2-10,15-16,21-23,25,31,35H,11-14,30H2,1H3,(H,32,39)(H,33,40)(H,34,38)(H,36,37)(H,41,42). The summed E-state index contributed by atoms with van der Waals surface area (Å²) in [4.78, 5) is 65.7. The predicted octanol–water partition coefficient (Wildman–Crippen LogP) is 0.0650. The Morgan fingerprint density at radius 1 is 0.810 bits per heavy atom. The van der Waals surface area contributed by atoms with Crippen LogP contribution in [0.2, 0.25) is 0 Å². The van der Waals surface area contributed by atoms with E-state index in [2.05, 4.69) is 20.9 Å². The Hall–Kier alpha value is -4.75. The van der Waals surface area contributed by atoms with E-state index in [9.17, 15) is 39.3 Å². The number of para-hydroxylation sites is 1. The predicted molar refractivity (Wildman–Crippen MR) is 152 cm³/mol. The topological polar surface area (TPSA) is 224 Å². The zero-order valence-corrected chi connectivity index (χ0v) is 22.9. The molecule has 0 aliphatic rings. The second kappa shape index (κ2) is 14.8. The smallest absolute Gasteiger partial charge is 0.326 e. The number of nitrogens with one attached hydrogen (secondary N) is 4. The number of H-pyrrole nitrogens is 1. The average Bonchev–Trinajstić information content (AvgIpc) is 3.36. The van der Waals surface area contributed by atoms with E-state index in [1.807, 2.05) is 18.2 Å². The minimum Gasteiger partial charge on any atom is -0.481 e. The van der Waals surface area contributed by atoms with Crippen LogP contribution in [0.3, 0.4) is 0 Å². The van der Waals surface area contributed by atoms with Crippen molar-refractivity contribution in [3.05, 3.63) is 71.9 Å². The molecule has 13 nitrogen and oxygen atoms in total. The molecule has 0 saturated carbocycles. The minimum absolute atomic E-state index is 0.00345. The van der Waals surface area contributed by atoms with Crippen LogP contribution in [0.1, 0.15) is 30.9 Å². The molecule has 42 heavy (non-hydrogen) atoms. The Labute approximate surface area is 241 Å². The maximum atomic E-state index is 13.4. The number of nitrogens with two attached hydrogens (primary N) is 1. The normalized spacial score (nSPS) is 14.6. The van der Waals surface area contributed by atoms with Gasteiger partial charge in [0.2, 0.25) is 17.7 Å². The van der Waals surface area contributed by atoms with Crippen LogP contribution in [0.5, 0.6) is 0 Å². The number of carbonyl (C=O) groups excluding carboxylic acids is 3. The molecule has 1 heterocycles. The van der Waals surface area contributed by atoms with Crippen molar-refractivity contribution in [3.8, 4) is 0 Å². The number of rotatable bonds is 15. The van der Waals surface area contributed by atoms with Crippen molar-refractivity contribution in [1.29, 1.82) is 0 Å². The lowest BCUT2D eigenvalue weighted by Crippen LogP contribution is -2.58. The van der Waals surface area contributed by atoms with Crippen LogP contribution >= 0.6 is 0 Å². The molecule has 5 unspecified atom stereocenters. The van der Waals surface area contributed by atoms with E-state index in [4.69, 9.17) is 5.73 Å². The molecule has 0 radical (unpaired) electrons. The highest BCUT2D eigenvalue weighted by molar-refractivity contribution is 5.94. The number of hydrogen-bond acceptors (Lipinski definition) is 7. The third-order valence-electron chi connectivity index (χ3n) is 6.73. The summed E-state index contributed by atoms with van der Waals surface area (Å²) in [6.07, 6.45) is -0.479. The van der Waals surface area contributed by atoms with E-state index in [-0.39, 0.29) is 19.3 Å². The van der Waals surface area contributed by atoms with Crippen LogP contribution in [0.25, 0.3) is 10.9 Å². The number of amides is 3.